The van der Waals surface area contributed by atoms with Gasteiger partial charge in [0.05, 0.1) is 0 Å². The standard InChI is InChI=1S/C13H19BrN2O2/c1-4-9(5-2)8(3)16-12-11(13(17)18)6-10(14)7-15-12/h6-9H,4-5H2,1-3H3,(H,15,16)(H,17,18). The Labute approximate surface area is 116 Å². The lowest BCUT2D eigenvalue weighted by Crippen LogP contribution is -2.26. The number of hydrogen-bond donors (Lipinski definition) is 2. The Morgan fingerprint density at radius 2 is 2.11 bits per heavy atom. The molecule has 1 heterocycles. The molecule has 1 unspecified atom stereocenters. The Balaban J connectivity index is 2.93. The first kappa shape index (κ1) is 15.0. The van der Waals surface area contributed by atoms with Crippen molar-refractivity contribution >= 4 is 27.7 Å². The van der Waals surface area contributed by atoms with Crippen LogP contribution in [0.3, 0.4) is 0 Å². The Morgan fingerprint density at radius 3 is 2.61 bits per heavy atom. The van der Waals surface area contributed by atoms with E-state index in [1.807, 2.05) is 0 Å². The van der Waals surface area contributed by atoms with Crippen molar-refractivity contribution in [1.29, 1.82) is 0 Å². The summed E-state index contributed by atoms with van der Waals surface area (Å²) in [5.74, 6) is -0.0229. The fourth-order valence-corrected chi connectivity index (χ4v) is 2.38. The third kappa shape index (κ3) is 3.70. The first-order valence-corrected chi connectivity index (χ1v) is 6.94. The maximum absolute atomic E-state index is 11.2. The molecule has 0 aliphatic rings. The number of hydrogen-bond acceptors (Lipinski definition) is 3. The molecule has 0 radical (unpaired) electrons. The molecule has 100 valence electrons. The number of carbonyl (C=O) groups is 1. The molecule has 0 saturated carbocycles. The second kappa shape index (κ2) is 6.73. The Morgan fingerprint density at radius 1 is 1.50 bits per heavy atom. The minimum atomic E-state index is -0.969. The Bertz CT molecular complexity index is 419. The van der Waals surface area contributed by atoms with Crippen molar-refractivity contribution in [3.63, 3.8) is 0 Å². The van der Waals surface area contributed by atoms with E-state index in [4.69, 9.17) is 5.11 Å². The molecule has 18 heavy (non-hydrogen) atoms. The molecule has 1 aromatic heterocycles. The van der Waals surface area contributed by atoms with E-state index in [1.54, 1.807) is 12.3 Å². The molecule has 4 nitrogen and oxygen atoms in total. The smallest absolute Gasteiger partial charge is 0.339 e. The Hall–Kier alpha value is -1.10. The van der Waals surface area contributed by atoms with Gasteiger partial charge in [-0.1, -0.05) is 26.7 Å². The highest BCUT2D eigenvalue weighted by Crippen LogP contribution is 2.22. The second-order valence-electron chi connectivity index (χ2n) is 4.36. The summed E-state index contributed by atoms with van der Waals surface area (Å²) in [5.41, 5.74) is 0.196. The number of carboxylic acid groups (broad SMARTS) is 1. The minimum absolute atomic E-state index is 0.196. The average Bonchev–Trinajstić information content (AvgIpc) is 2.32. The molecule has 0 bridgehead atoms. The van der Waals surface area contributed by atoms with E-state index in [9.17, 15) is 4.79 Å². The number of carboxylic acids is 1. The van der Waals surface area contributed by atoms with Crippen LogP contribution in [0.15, 0.2) is 16.7 Å². The normalized spacial score (nSPS) is 12.5. The summed E-state index contributed by atoms with van der Waals surface area (Å²) in [6, 6.07) is 1.77. The molecule has 1 atom stereocenters. The number of halogens is 1. The zero-order chi connectivity index (χ0) is 13.7. The van der Waals surface area contributed by atoms with Gasteiger partial charge in [-0.3, -0.25) is 0 Å². The summed E-state index contributed by atoms with van der Waals surface area (Å²) in [5, 5.41) is 12.4. The highest BCUT2D eigenvalue weighted by Gasteiger charge is 2.18. The topological polar surface area (TPSA) is 62.2 Å². The maximum Gasteiger partial charge on any atom is 0.339 e. The SMILES string of the molecule is CCC(CC)C(C)Nc1ncc(Br)cc1C(=O)O. The van der Waals surface area contributed by atoms with E-state index in [-0.39, 0.29) is 11.6 Å². The van der Waals surface area contributed by atoms with Crippen LogP contribution >= 0.6 is 15.9 Å². The summed E-state index contributed by atoms with van der Waals surface area (Å²) in [7, 11) is 0. The van der Waals surface area contributed by atoms with Gasteiger partial charge in [0.15, 0.2) is 0 Å². The van der Waals surface area contributed by atoms with Gasteiger partial charge in [-0.15, -0.1) is 0 Å². The van der Waals surface area contributed by atoms with Crippen LogP contribution in [0.25, 0.3) is 0 Å². The molecular formula is C13H19BrN2O2. The van der Waals surface area contributed by atoms with Gasteiger partial charge in [-0.25, -0.2) is 9.78 Å². The number of pyridine rings is 1. The van der Waals surface area contributed by atoms with Gasteiger partial charge in [0.2, 0.25) is 0 Å². The van der Waals surface area contributed by atoms with Crippen LogP contribution in [0, 0.1) is 5.92 Å². The van der Waals surface area contributed by atoms with Crippen LogP contribution in [-0.2, 0) is 0 Å². The predicted molar refractivity (Wildman–Crippen MR) is 76.1 cm³/mol. The van der Waals surface area contributed by atoms with Crippen LogP contribution in [0.5, 0.6) is 0 Å². The maximum atomic E-state index is 11.2. The summed E-state index contributed by atoms with van der Waals surface area (Å²) in [6.45, 7) is 6.34. The Kier molecular flexibility index (Phi) is 5.59. The van der Waals surface area contributed by atoms with Crippen LogP contribution in [0.4, 0.5) is 5.82 Å². The van der Waals surface area contributed by atoms with Crippen LogP contribution in [-0.4, -0.2) is 22.1 Å². The van der Waals surface area contributed by atoms with Crippen LogP contribution in [0.2, 0.25) is 0 Å². The lowest BCUT2D eigenvalue weighted by atomic mass is 9.95. The molecule has 0 fully saturated rings. The summed E-state index contributed by atoms with van der Waals surface area (Å²) in [4.78, 5) is 15.3. The third-order valence-electron chi connectivity index (χ3n) is 3.20. The van der Waals surface area contributed by atoms with Crippen molar-refractivity contribution in [3.05, 3.63) is 22.3 Å². The molecule has 0 aliphatic carbocycles. The van der Waals surface area contributed by atoms with Crippen molar-refractivity contribution < 1.29 is 9.90 Å². The van der Waals surface area contributed by atoms with E-state index < -0.39 is 5.97 Å². The first-order chi connectivity index (χ1) is 8.49. The molecule has 0 amide bonds. The highest BCUT2D eigenvalue weighted by molar-refractivity contribution is 9.10. The van der Waals surface area contributed by atoms with Gasteiger partial charge in [0.1, 0.15) is 11.4 Å². The van der Waals surface area contributed by atoms with Crippen molar-refractivity contribution in [2.24, 2.45) is 5.92 Å². The molecule has 1 aromatic rings. The van der Waals surface area contributed by atoms with E-state index in [0.29, 0.717) is 16.2 Å². The van der Waals surface area contributed by atoms with Gasteiger partial charge < -0.3 is 10.4 Å². The third-order valence-corrected chi connectivity index (χ3v) is 3.64. The lowest BCUT2D eigenvalue weighted by molar-refractivity contribution is 0.0697. The number of anilines is 1. The first-order valence-electron chi connectivity index (χ1n) is 6.14. The van der Waals surface area contributed by atoms with Gasteiger partial charge in [0.25, 0.3) is 0 Å². The summed E-state index contributed by atoms with van der Waals surface area (Å²) in [6.07, 6.45) is 3.72. The highest BCUT2D eigenvalue weighted by atomic mass is 79.9. The fraction of sp³-hybridized carbons (Fsp3) is 0.538. The number of aromatic carboxylic acids is 1. The minimum Gasteiger partial charge on any atom is -0.478 e. The van der Waals surface area contributed by atoms with Crippen LogP contribution in [0.1, 0.15) is 44.0 Å². The second-order valence-corrected chi connectivity index (χ2v) is 5.28. The summed E-state index contributed by atoms with van der Waals surface area (Å²) >= 11 is 3.23. The lowest BCUT2D eigenvalue weighted by Gasteiger charge is -2.23. The number of nitrogens with zero attached hydrogens (tertiary/aromatic N) is 1. The monoisotopic (exact) mass is 314 g/mol. The van der Waals surface area contributed by atoms with E-state index >= 15 is 0 Å². The predicted octanol–water partition coefficient (Wildman–Crippen LogP) is 3.78. The molecule has 0 spiro atoms. The molecule has 0 saturated heterocycles. The van der Waals surface area contributed by atoms with E-state index in [0.717, 1.165) is 12.8 Å². The van der Waals surface area contributed by atoms with Crippen molar-refractivity contribution in [3.8, 4) is 0 Å². The summed E-state index contributed by atoms with van der Waals surface area (Å²) < 4.78 is 0.667. The van der Waals surface area contributed by atoms with Gasteiger partial charge >= 0.3 is 5.97 Å². The number of nitrogens with one attached hydrogen (secondary N) is 1. The van der Waals surface area contributed by atoms with Crippen molar-refractivity contribution in [2.75, 3.05) is 5.32 Å². The quantitative estimate of drug-likeness (QED) is 0.838. The van der Waals surface area contributed by atoms with E-state index in [2.05, 4.69) is 47.0 Å². The van der Waals surface area contributed by atoms with E-state index in [1.165, 1.54) is 0 Å². The zero-order valence-corrected chi connectivity index (χ0v) is 12.5. The van der Waals surface area contributed by atoms with Crippen molar-refractivity contribution in [1.82, 2.24) is 4.98 Å². The van der Waals surface area contributed by atoms with Gasteiger partial charge in [-0.05, 0) is 34.8 Å². The van der Waals surface area contributed by atoms with Crippen molar-refractivity contribution in [2.45, 2.75) is 39.7 Å². The zero-order valence-electron chi connectivity index (χ0n) is 10.9. The molecular weight excluding hydrogens is 296 g/mol. The van der Waals surface area contributed by atoms with Gasteiger partial charge in [0, 0.05) is 16.7 Å². The van der Waals surface area contributed by atoms with Crippen LogP contribution < -0.4 is 5.32 Å². The fourth-order valence-electron chi connectivity index (χ4n) is 2.05. The molecule has 1 rings (SSSR count). The molecule has 5 heteroatoms. The average molecular weight is 315 g/mol. The largest absolute Gasteiger partial charge is 0.478 e. The molecule has 0 aliphatic heterocycles. The molecule has 2 N–H and O–H groups in total. The molecule has 0 aromatic carbocycles. The number of rotatable bonds is 6. The van der Waals surface area contributed by atoms with Gasteiger partial charge in [-0.2, -0.15) is 0 Å². The number of aromatic nitrogens is 1.